The molecule has 1 unspecified atom stereocenters. The maximum atomic E-state index is 14.2. The van der Waals surface area contributed by atoms with Crippen molar-refractivity contribution in [1.82, 2.24) is 5.32 Å². The van der Waals surface area contributed by atoms with Gasteiger partial charge >= 0.3 is 0 Å². The lowest BCUT2D eigenvalue weighted by molar-refractivity contribution is 0.498. The quantitative estimate of drug-likeness (QED) is 0.803. The van der Waals surface area contributed by atoms with Gasteiger partial charge < -0.3 is 5.32 Å². The van der Waals surface area contributed by atoms with E-state index in [0.29, 0.717) is 24.1 Å². The SMILES string of the molecule is CCNC(Cc1cc(Br)ccc1F)c1ccc(C)cc1F. The van der Waals surface area contributed by atoms with Crippen molar-refractivity contribution in [3.63, 3.8) is 0 Å². The summed E-state index contributed by atoms with van der Waals surface area (Å²) in [5, 5.41) is 3.23. The third-order valence-electron chi connectivity index (χ3n) is 3.41. The third kappa shape index (κ3) is 4.11. The Morgan fingerprint density at radius 1 is 1.10 bits per heavy atom. The van der Waals surface area contributed by atoms with Gasteiger partial charge in [0.25, 0.3) is 0 Å². The number of aryl methyl sites for hydroxylation is 1. The number of benzene rings is 2. The lowest BCUT2D eigenvalue weighted by Crippen LogP contribution is -2.24. The van der Waals surface area contributed by atoms with Gasteiger partial charge in [0.15, 0.2) is 0 Å². The molecule has 0 aliphatic carbocycles. The highest BCUT2D eigenvalue weighted by Gasteiger charge is 2.17. The van der Waals surface area contributed by atoms with Crippen molar-refractivity contribution >= 4 is 15.9 Å². The van der Waals surface area contributed by atoms with E-state index in [1.165, 1.54) is 12.1 Å². The van der Waals surface area contributed by atoms with Crippen LogP contribution in [0.4, 0.5) is 8.78 Å². The minimum atomic E-state index is -0.270. The van der Waals surface area contributed by atoms with E-state index in [0.717, 1.165) is 10.0 Å². The van der Waals surface area contributed by atoms with Gasteiger partial charge in [-0.1, -0.05) is 35.0 Å². The van der Waals surface area contributed by atoms with Crippen molar-refractivity contribution < 1.29 is 8.78 Å². The van der Waals surface area contributed by atoms with Crippen molar-refractivity contribution in [2.24, 2.45) is 0 Å². The van der Waals surface area contributed by atoms with Crippen molar-refractivity contribution in [1.29, 1.82) is 0 Å². The molecule has 0 amide bonds. The van der Waals surface area contributed by atoms with Gasteiger partial charge in [0.2, 0.25) is 0 Å². The van der Waals surface area contributed by atoms with E-state index >= 15 is 0 Å². The predicted molar refractivity (Wildman–Crippen MR) is 85.4 cm³/mol. The van der Waals surface area contributed by atoms with E-state index in [2.05, 4.69) is 21.2 Å². The lowest BCUT2D eigenvalue weighted by Gasteiger charge is -2.20. The van der Waals surface area contributed by atoms with Crippen LogP contribution in [-0.4, -0.2) is 6.54 Å². The van der Waals surface area contributed by atoms with Crippen molar-refractivity contribution in [3.8, 4) is 0 Å². The van der Waals surface area contributed by atoms with Crippen LogP contribution in [0.1, 0.15) is 29.7 Å². The molecule has 21 heavy (non-hydrogen) atoms. The first-order chi connectivity index (χ1) is 10.0. The first kappa shape index (κ1) is 16.1. The van der Waals surface area contributed by atoms with Gasteiger partial charge in [-0.15, -0.1) is 0 Å². The Balaban J connectivity index is 2.32. The lowest BCUT2D eigenvalue weighted by atomic mass is 9.97. The second-order valence-electron chi connectivity index (χ2n) is 5.08. The molecule has 0 fully saturated rings. The molecule has 0 aliphatic heterocycles. The van der Waals surface area contributed by atoms with Gasteiger partial charge in [-0.25, -0.2) is 8.78 Å². The molecule has 2 aromatic rings. The van der Waals surface area contributed by atoms with E-state index in [-0.39, 0.29) is 17.7 Å². The van der Waals surface area contributed by atoms with Gasteiger partial charge in [-0.3, -0.25) is 0 Å². The van der Waals surface area contributed by atoms with Gasteiger partial charge in [-0.2, -0.15) is 0 Å². The van der Waals surface area contributed by atoms with Crippen LogP contribution in [0, 0.1) is 18.6 Å². The normalized spacial score (nSPS) is 12.4. The summed E-state index contributed by atoms with van der Waals surface area (Å²) in [6, 6.07) is 9.73. The molecule has 1 atom stereocenters. The molecular formula is C17H18BrF2N. The van der Waals surface area contributed by atoms with Crippen LogP contribution in [0.2, 0.25) is 0 Å². The van der Waals surface area contributed by atoms with E-state index in [1.807, 2.05) is 19.9 Å². The fourth-order valence-corrected chi connectivity index (χ4v) is 2.78. The minimum absolute atomic E-state index is 0.251. The van der Waals surface area contributed by atoms with E-state index < -0.39 is 0 Å². The highest BCUT2D eigenvalue weighted by molar-refractivity contribution is 9.10. The number of nitrogens with one attached hydrogen (secondary N) is 1. The molecule has 112 valence electrons. The summed E-state index contributed by atoms with van der Waals surface area (Å²) in [5.74, 6) is -0.523. The second kappa shape index (κ2) is 7.14. The molecular weight excluding hydrogens is 336 g/mol. The van der Waals surface area contributed by atoms with Crippen LogP contribution in [0.3, 0.4) is 0 Å². The highest BCUT2D eigenvalue weighted by atomic mass is 79.9. The molecule has 4 heteroatoms. The molecule has 0 aromatic heterocycles. The predicted octanol–water partition coefficient (Wildman–Crippen LogP) is 4.93. The number of rotatable bonds is 5. The first-order valence-corrected chi connectivity index (χ1v) is 7.74. The Hall–Kier alpha value is -1.26. The third-order valence-corrected chi connectivity index (χ3v) is 3.91. The molecule has 0 radical (unpaired) electrons. The summed E-state index contributed by atoms with van der Waals surface area (Å²) in [6.07, 6.45) is 0.402. The summed E-state index contributed by atoms with van der Waals surface area (Å²) >= 11 is 3.34. The number of hydrogen-bond acceptors (Lipinski definition) is 1. The van der Waals surface area contributed by atoms with E-state index in [9.17, 15) is 8.78 Å². The molecule has 0 saturated heterocycles. The largest absolute Gasteiger partial charge is 0.310 e. The zero-order valence-electron chi connectivity index (χ0n) is 12.1. The summed E-state index contributed by atoms with van der Waals surface area (Å²) in [6.45, 7) is 4.49. The molecule has 2 rings (SSSR count). The number of likely N-dealkylation sites (N-methyl/N-ethyl adjacent to an activating group) is 1. The van der Waals surface area contributed by atoms with Gasteiger partial charge in [0, 0.05) is 16.1 Å². The molecule has 1 nitrogen and oxygen atoms in total. The summed E-state index contributed by atoms with van der Waals surface area (Å²) in [5.41, 5.74) is 2.01. The number of halogens is 3. The summed E-state index contributed by atoms with van der Waals surface area (Å²) in [7, 11) is 0. The Labute approximate surface area is 132 Å². The van der Waals surface area contributed by atoms with Crippen LogP contribution in [0.5, 0.6) is 0 Å². The van der Waals surface area contributed by atoms with Gasteiger partial charge in [0.1, 0.15) is 11.6 Å². The monoisotopic (exact) mass is 353 g/mol. The summed E-state index contributed by atoms with van der Waals surface area (Å²) < 4.78 is 28.9. The molecule has 0 heterocycles. The van der Waals surface area contributed by atoms with Crippen LogP contribution >= 0.6 is 15.9 Å². The molecule has 0 spiro atoms. The Bertz CT molecular complexity index is 628. The van der Waals surface area contributed by atoms with Crippen molar-refractivity contribution in [2.75, 3.05) is 6.54 Å². The average molecular weight is 354 g/mol. The maximum absolute atomic E-state index is 14.2. The van der Waals surface area contributed by atoms with Crippen LogP contribution in [0.15, 0.2) is 40.9 Å². The van der Waals surface area contributed by atoms with Gasteiger partial charge in [-0.05, 0) is 55.3 Å². The standard InChI is InChI=1S/C17H18BrF2N/c1-3-21-17(14-6-4-11(2)8-16(14)20)10-12-9-13(18)5-7-15(12)19/h4-9,17,21H,3,10H2,1-2H3. The zero-order chi connectivity index (χ0) is 15.4. The minimum Gasteiger partial charge on any atom is -0.310 e. The fourth-order valence-electron chi connectivity index (χ4n) is 2.37. The Kier molecular flexibility index (Phi) is 5.48. The highest BCUT2D eigenvalue weighted by Crippen LogP contribution is 2.25. The molecule has 0 aliphatic rings. The maximum Gasteiger partial charge on any atom is 0.128 e. The first-order valence-electron chi connectivity index (χ1n) is 6.94. The average Bonchev–Trinajstić information content (AvgIpc) is 2.42. The molecule has 1 N–H and O–H groups in total. The zero-order valence-corrected chi connectivity index (χ0v) is 13.7. The van der Waals surface area contributed by atoms with Crippen LogP contribution in [-0.2, 0) is 6.42 Å². The fraction of sp³-hybridized carbons (Fsp3) is 0.294. The summed E-state index contributed by atoms with van der Waals surface area (Å²) in [4.78, 5) is 0. The topological polar surface area (TPSA) is 12.0 Å². The van der Waals surface area contributed by atoms with Crippen molar-refractivity contribution in [3.05, 3.63) is 69.2 Å². The van der Waals surface area contributed by atoms with E-state index in [4.69, 9.17) is 0 Å². The Morgan fingerprint density at radius 2 is 1.86 bits per heavy atom. The molecule has 2 aromatic carbocycles. The van der Waals surface area contributed by atoms with E-state index in [1.54, 1.807) is 18.2 Å². The molecule has 0 bridgehead atoms. The van der Waals surface area contributed by atoms with Gasteiger partial charge in [0.05, 0.1) is 0 Å². The van der Waals surface area contributed by atoms with Crippen LogP contribution in [0.25, 0.3) is 0 Å². The molecule has 0 saturated carbocycles. The smallest absolute Gasteiger partial charge is 0.128 e. The Morgan fingerprint density at radius 3 is 2.52 bits per heavy atom. The second-order valence-corrected chi connectivity index (χ2v) is 5.99. The van der Waals surface area contributed by atoms with Crippen molar-refractivity contribution in [2.45, 2.75) is 26.3 Å². The number of hydrogen-bond donors (Lipinski definition) is 1. The van der Waals surface area contributed by atoms with Crippen LogP contribution < -0.4 is 5.32 Å².